The van der Waals surface area contributed by atoms with E-state index in [9.17, 15) is 0 Å². The summed E-state index contributed by atoms with van der Waals surface area (Å²) in [7, 11) is 0. The third-order valence-electron chi connectivity index (χ3n) is 2.97. The van der Waals surface area contributed by atoms with E-state index in [0.29, 0.717) is 6.61 Å². The first kappa shape index (κ1) is 10.5. The molecule has 0 N–H and O–H groups in total. The summed E-state index contributed by atoms with van der Waals surface area (Å²) in [5.41, 5.74) is 2.46. The van der Waals surface area contributed by atoms with Crippen LogP contribution in [0.15, 0.2) is 18.2 Å². The SMILES string of the molecule is CCOC1Oc2ccc(C)cc2C1(C)C. The van der Waals surface area contributed by atoms with Gasteiger partial charge in [-0.2, -0.15) is 0 Å². The van der Waals surface area contributed by atoms with Gasteiger partial charge in [0.1, 0.15) is 5.75 Å². The Balaban J connectivity index is 2.39. The second-order valence-electron chi connectivity index (χ2n) is 4.63. The summed E-state index contributed by atoms with van der Waals surface area (Å²) in [6.07, 6.45) is -0.153. The number of ether oxygens (including phenoxy) is 2. The first-order valence-electron chi connectivity index (χ1n) is 5.45. The highest BCUT2D eigenvalue weighted by Crippen LogP contribution is 2.43. The smallest absolute Gasteiger partial charge is 0.209 e. The van der Waals surface area contributed by atoms with E-state index >= 15 is 0 Å². The zero-order valence-corrected chi connectivity index (χ0v) is 9.83. The molecule has 15 heavy (non-hydrogen) atoms. The molecular weight excluding hydrogens is 188 g/mol. The van der Waals surface area contributed by atoms with Gasteiger partial charge in [-0.25, -0.2) is 0 Å². The molecule has 0 bridgehead atoms. The predicted octanol–water partition coefficient (Wildman–Crippen LogP) is 3.03. The number of benzene rings is 1. The number of fused-ring (bicyclic) bond motifs is 1. The summed E-state index contributed by atoms with van der Waals surface area (Å²) in [5.74, 6) is 0.962. The summed E-state index contributed by atoms with van der Waals surface area (Å²) in [5, 5.41) is 0. The van der Waals surface area contributed by atoms with E-state index in [4.69, 9.17) is 9.47 Å². The van der Waals surface area contributed by atoms with E-state index < -0.39 is 0 Å². The minimum absolute atomic E-state index is 0.0582. The molecule has 0 radical (unpaired) electrons. The van der Waals surface area contributed by atoms with Gasteiger partial charge < -0.3 is 9.47 Å². The summed E-state index contributed by atoms with van der Waals surface area (Å²) < 4.78 is 11.4. The van der Waals surface area contributed by atoms with Gasteiger partial charge in [0.15, 0.2) is 0 Å². The number of hydrogen-bond donors (Lipinski definition) is 0. The van der Waals surface area contributed by atoms with Crippen molar-refractivity contribution in [1.29, 1.82) is 0 Å². The normalized spacial score (nSPS) is 22.3. The molecule has 0 fully saturated rings. The zero-order chi connectivity index (χ0) is 11.1. The molecule has 2 heteroatoms. The van der Waals surface area contributed by atoms with Gasteiger partial charge in [0.05, 0.1) is 5.41 Å². The molecule has 2 rings (SSSR count). The first-order chi connectivity index (χ1) is 7.05. The molecule has 2 nitrogen and oxygen atoms in total. The van der Waals surface area contributed by atoms with Crippen molar-refractivity contribution in [3.8, 4) is 5.75 Å². The Kier molecular flexibility index (Phi) is 2.47. The molecule has 0 saturated carbocycles. The molecule has 1 aromatic carbocycles. The molecule has 0 amide bonds. The minimum atomic E-state index is -0.153. The van der Waals surface area contributed by atoms with Crippen molar-refractivity contribution in [3.05, 3.63) is 29.3 Å². The standard InChI is InChI=1S/C13H18O2/c1-5-14-12-13(3,4)10-8-9(2)6-7-11(10)15-12/h6-8,12H,5H2,1-4H3. The lowest BCUT2D eigenvalue weighted by Gasteiger charge is -2.25. The summed E-state index contributed by atoms with van der Waals surface area (Å²) >= 11 is 0. The Morgan fingerprint density at radius 1 is 1.40 bits per heavy atom. The molecule has 1 aliphatic heterocycles. The van der Waals surface area contributed by atoms with Gasteiger partial charge in [-0.15, -0.1) is 0 Å². The predicted molar refractivity (Wildman–Crippen MR) is 60.2 cm³/mol. The van der Waals surface area contributed by atoms with Crippen LogP contribution in [0.3, 0.4) is 0 Å². The molecule has 1 atom stereocenters. The lowest BCUT2D eigenvalue weighted by atomic mass is 9.85. The van der Waals surface area contributed by atoms with Crippen LogP contribution in [-0.2, 0) is 10.2 Å². The van der Waals surface area contributed by atoms with Gasteiger partial charge in [-0.05, 0) is 33.8 Å². The molecule has 1 aromatic rings. The fourth-order valence-electron chi connectivity index (χ4n) is 2.03. The zero-order valence-electron chi connectivity index (χ0n) is 9.83. The van der Waals surface area contributed by atoms with Crippen molar-refractivity contribution < 1.29 is 9.47 Å². The van der Waals surface area contributed by atoms with Crippen LogP contribution in [0.4, 0.5) is 0 Å². The number of hydrogen-bond acceptors (Lipinski definition) is 2. The van der Waals surface area contributed by atoms with E-state index in [1.54, 1.807) is 0 Å². The lowest BCUT2D eigenvalue weighted by molar-refractivity contribution is -0.0981. The molecule has 0 spiro atoms. The Hall–Kier alpha value is -1.02. The third-order valence-corrected chi connectivity index (χ3v) is 2.97. The second kappa shape index (κ2) is 3.53. The highest BCUT2D eigenvalue weighted by atomic mass is 16.7. The van der Waals surface area contributed by atoms with Gasteiger partial charge in [0.2, 0.25) is 6.29 Å². The summed E-state index contributed by atoms with van der Waals surface area (Å²) in [6, 6.07) is 6.29. The van der Waals surface area contributed by atoms with E-state index in [2.05, 4.69) is 32.9 Å². The maximum atomic E-state index is 5.80. The molecule has 0 aliphatic carbocycles. The third kappa shape index (κ3) is 1.63. The van der Waals surface area contributed by atoms with Crippen molar-refractivity contribution in [2.24, 2.45) is 0 Å². The van der Waals surface area contributed by atoms with Crippen molar-refractivity contribution >= 4 is 0 Å². The fraction of sp³-hybridized carbons (Fsp3) is 0.538. The maximum Gasteiger partial charge on any atom is 0.209 e. The van der Waals surface area contributed by atoms with Crippen molar-refractivity contribution in [3.63, 3.8) is 0 Å². The van der Waals surface area contributed by atoms with Crippen LogP contribution in [0.1, 0.15) is 31.9 Å². The van der Waals surface area contributed by atoms with Crippen LogP contribution in [0, 0.1) is 6.92 Å². The molecule has 0 aromatic heterocycles. The van der Waals surface area contributed by atoms with Gasteiger partial charge in [0.25, 0.3) is 0 Å². The van der Waals surface area contributed by atoms with Crippen molar-refractivity contribution in [2.75, 3.05) is 6.61 Å². The quantitative estimate of drug-likeness (QED) is 0.740. The van der Waals surface area contributed by atoms with Gasteiger partial charge in [-0.1, -0.05) is 17.7 Å². The van der Waals surface area contributed by atoms with E-state index in [0.717, 1.165) is 5.75 Å². The Labute approximate surface area is 91.2 Å². The van der Waals surface area contributed by atoms with Crippen LogP contribution in [0.5, 0.6) is 5.75 Å². The molecule has 1 unspecified atom stereocenters. The van der Waals surface area contributed by atoms with Crippen molar-refractivity contribution in [1.82, 2.24) is 0 Å². The number of aryl methyl sites for hydroxylation is 1. The molecular formula is C13H18O2. The fourth-order valence-corrected chi connectivity index (χ4v) is 2.03. The van der Waals surface area contributed by atoms with Crippen LogP contribution in [0.2, 0.25) is 0 Å². The topological polar surface area (TPSA) is 18.5 Å². The van der Waals surface area contributed by atoms with E-state index in [-0.39, 0.29) is 11.7 Å². The largest absolute Gasteiger partial charge is 0.464 e. The van der Waals surface area contributed by atoms with Gasteiger partial charge in [0, 0.05) is 12.2 Å². The maximum absolute atomic E-state index is 5.80. The molecule has 1 aliphatic rings. The minimum Gasteiger partial charge on any atom is -0.464 e. The lowest BCUT2D eigenvalue weighted by Crippen LogP contribution is -2.34. The monoisotopic (exact) mass is 206 g/mol. The van der Waals surface area contributed by atoms with Gasteiger partial charge >= 0.3 is 0 Å². The Morgan fingerprint density at radius 2 is 2.13 bits per heavy atom. The second-order valence-corrected chi connectivity index (χ2v) is 4.63. The molecule has 0 saturated heterocycles. The van der Waals surface area contributed by atoms with Crippen LogP contribution < -0.4 is 4.74 Å². The van der Waals surface area contributed by atoms with Crippen molar-refractivity contribution in [2.45, 2.75) is 39.4 Å². The molecule has 82 valence electrons. The highest BCUT2D eigenvalue weighted by Gasteiger charge is 2.42. The van der Waals surface area contributed by atoms with Crippen LogP contribution in [-0.4, -0.2) is 12.9 Å². The number of rotatable bonds is 2. The van der Waals surface area contributed by atoms with Gasteiger partial charge in [-0.3, -0.25) is 0 Å². The van der Waals surface area contributed by atoms with Crippen LogP contribution in [0.25, 0.3) is 0 Å². The first-order valence-corrected chi connectivity index (χ1v) is 5.45. The average molecular weight is 206 g/mol. The Morgan fingerprint density at radius 3 is 2.80 bits per heavy atom. The van der Waals surface area contributed by atoms with E-state index in [1.807, 2.05) is 13.0 Å². The molecule has 1 heterocycles. The van der Waals surface area contributed by atoms with Crippen LogP contribution >= 0.6 is 0 Å². The highest BCUT2D eigenvalue weighted by molar-refractivity contribution is 5.45. The summed E-state index contributed by atoms with van der Waals surface area (Å²) in [4.78, 5) is 0. The van der Waals surface area contributed by atoms with E-state index in [1.165, 1.54) is 11.1 Å². The average Bonchev–Trinajstić information content (AvgIpc) is 2.41. The summed E-state index contributed by atoms with van der Waals surface area (Å²) in [6.45, 7) is 9.11. The Bertz CT molecular complexity index is 369.